The number of allylic oxidation sites excluding steroid dienone is 4. The van der Waals surface area contributed by atoms with E-state index in [0.29, 0.717) is 17.2 Å². The summed E-state index contributed by atoms with van der Waals surface area (Å²) in [4.78, 5) is 0.337. The summed E-state index contributed by atoms with van der Waals surface area (Å²) in [5, 5.41) is 0. The molecule has 0 radical (unpaired) electrons. The Balaban J connectivity index is 2.93. The van der Waals surface area contributed by atoms with Gasteiger partial charge in [0.05, 0.1) is 10.6 Å². The van der Waals surface area contributed by atoms with Crippen molar-refractivity contribution in [3.05, 3.63) is 66.3 Å². The van der Waals surface area contributed by atoms with Crippen LogP contribution in [0.15, 0.2) is 71.2 Å². The van der Waals surface area contributed by atoms with Gasteiger partial charge in [0.15, 0.2) is 9.84 Å². The summed E-state index contributed by atoms with van der Waals surface area (Å²) >= 11 is 5.74. The molecule has 1 aromatic rings. The van der Waals surface area contributed by atoms with Crippen LogP contribution in [-0.4, -0.2) is 20.1 Å². The van der Waals surface area contributed by atoms with E-state index in [-0.39, 0.29) is 5.75 Å². The fourth-order valence-corrected chi connectivity index (χ4v) is 3.34. The van der Waals surface area contributed by atoms with Crippen LogP contribution in [0.4, 0.5) is 0 Å². The van der Waals surface area contributed by atoms with Crippen molar-refractivity contribution < 1.29 is 8.42 Å². The third kappa shape index (κ3) is 5.76. The zero-order valence-corrected chi connectivity index (χ0v) is 13.1. The fraction of sp³-hybridized carbons (Fsp3) is 0.250. The molecule has 0 heterocycles. The zero-order valence-electron chi connectivity index (χ0n) is 11.5. The van der Waals surface area contributed by atoms with Gasteiger partial charge in [-0.05, 0) is 25.5 Å². The van der Waals surface area contributed by atoms with E-state index in [2.05, 4.69) is 6.58 Å². The van der Waals surface area contributed by atoms with Crippen LogP contribution in [0.2, 0.25) is 0 Å². The number of halogens is 1. The first-order valence-electron chi connectivity index (χ1n) is 6.31. The van der Waals surface area contributed by atoms with Crippen LogP contribution < -0.4 is 0 Å². The van der Waals surface area contributed by atoms with Gasteiger partial charge in [0.25, 0.3) is 0 Å². The molecule has 0 bridgehead atoms. The predicted octanol–water partition coefficient (Wildman–Crippen LogP) is 4.15. The maximum absolute atomic E-state index is 12.3. The first-order valence-corrected chi connectivity index (χ1v) is 8.50. The molecule has 0 atom stereocenters. The highest BCUT2D eigenvalue weighted by Crippen LogP contribution is 2.16. The lowest BCUT2D eigenvalue weighted by Gasteiger charge is -2.07. The molecular formula is C16H19ClO2S. The molecular weight excluding hydrogens is 292 g/mol. The molecule has 0 spiro atoms. The number of sulfone groups is 1. The molecule has 0 amide bonds. The Labute approximate surface area is 126 Å². The van der Waals surface area contributed by atoms with Gasteiger partial charge in [-0.15, -0.1) is 11.6 Å². The third-order valence-corrected chi connectivity index (χ3v) is 4.54. The summed E-state index contributed by atoms with van der Waals surface area (Å²) < 4.78 is 24.6. The van der Waals surface area contributed by atoms with Crippen molar-refractivity contribution in [2.24, 2.45) is 0 Å². The number of hydrogen-bond acceptors (Lipinski definition) is 2. The lowest BCUT2D eigenvalue weighted by Crippen LogP contribution is -2.09. The Hall–Kier alpha value is -1.32. The summed E-state index contributed by atoms with van der Waals surface area (Å²) in [6.45, 7) is 5.64. The maximum Gasteiger partial charge on any atom is 0.182 e. The van der Waals surface area contributed by atoms with Crippen molar-refractivity contribution in [2.75, 3.05) is 11.6 Å². The minimum absolute atomic E-state index is 0.00966. The van der Waals surface area contributed by atoms with E-state index in [0.717, 1.165) is 11.1 Å². The lowest BCUT2D eigenvalue weighted by atomic mass is 10.2. The molecule has 1 aromatic carbocycles. The van der Waals surface area contributed by atoms with Crippen molar-refractivity contribution in [1.82, 2.24) is 0 Å². The molecule has 0 fully saturated rings. The van der Waals surface area contributed by atoms with Gasteiger partial charge < -0.3 is 0 Å². The van der Waals surface area contributed by atoms with E-state index < -0.39 is 9.84 Å². The van der Waals surface area contributed by atoms with Crippen LogP contribution in [-0.2, 0) is 9.84 Å². The average molecular weight is 311 g/mol. The Bertz CT molecular complexity index is 599. The molecule has 0 aliphatic carbocycles. The SMILES string of the molecule is C=C(C)/C=C\C=C(/CCCl)CS(=O)(=O)c1ccccc1. The molecule has 0 saturated carbocycles. The van der Waals surface area contributed by atoms with Crippen molar-refractivity contribution in [3.63, 3.8) is 0 Å². The molecule has 0 aromatic heterocycles. The number of rotatable bonds is 7. The highest BCUT2D eigenvalue weighted by molar-refractivity contribution is 7.91. The van der Waals surface area contributed by atoms with Gasteiger partial charge in [0.1, 0.15) is 0 Å². The van der Waals surface area contributed by atoms with Crippen molar-refractivity contribution >= 4 is 21.4 Å². The molecule has 0 aliphatic rings. The van der Waals surface area contributed by atoms with Gasteiger partial charge >= 0.3 is 0 Å². The molecule has 2 nitrogen and oxygen atoms in total. The third-order valence-electron chi connectivity index (χ3n) is 2.61. The van der Waals surface area contributed by atoms with Crippen LogP contribution in [0.3, 0.4) is 0 Å². The van der Waals surface area contributed by atoms with E-state index in [9.17, 15) is 8.42 Å². The Morgan fingerprint density at radius 1 is 1.30 bits per heavy atom. The topological polar surface area (TPSA) is 34.1 Å². The second-order valence-electron chi connectivity index (χ2n) is 4.54. The number of benzene rings is 1. The van der Waals surface area contributed by atoms with Crippen molar-refractivity contribution in [3.8, 4) is 0 Å². The average Bonchev–Trinajstić information content (AvgIpc) is 2.39. The molecule has 20 heavy (non-hydrogen) atoms. The highest BCUT2D eigenvalue weighted by atomic mass is 35.5. The maximum atomic E-state index is 12.3. The van der Waals surface area contributed by atoms with Gasteiger partial charge in [-0.1, -0.05) is 54.2 Å². The predicted molar refractivity (Wildman–Crippen MR) is 85.9 cm³/mol. The van der Waals surface area contributed by atoms with Crippen molar-refractivity contribution in [2.45, 2.75) is 18.2 Å². The van der Waals surface area contributed by atoms with Gasteiger partial charge in [0, 0.05) is 5.88 Å². The Morgan fingerprint density at radius 3 is 2.50 bits per heavy atom. The molecule has 108 valence electrons. The van der Waals surface area contributed by atoms with Crippen LogP contribution in [0.1, 0.15) is 13.3 Å². The van der Waals surface area contributed by atoms with Gasteiger partial charge in [0.2, 0.25) is 0 Å². The van der Waals surface area contributed by atoms with E-state index in [1.807, 2.05) is 19.1 Å². The molecule has 0 N–H and O–H groups in total. The number of hydrogen-bond donors (Lipinski definition) is 0. The molecule has 0 aliphatic heterocycles. The fourth-order valence-electron chi connectivity index (χ4n) is 1.63. The molecule has 0 unspecified atom stereocenters. The summed E-state index contributed by atoms with van der Waals surface area (Å²) in [5.74, 6) is 0.390. The standard InChI is InChI=1S/C16H19ClO2S/c1-14(2)7-6-8-15(11-12-17)13-20(18,19)16-9-4-3-5-10-16/h3-10H,1,11-13H2,2H3/b7-6-,15-8+. The summed E-state index contributed by atoms with van der Waals surface area (Å²) in [6, 6.07) is 8.45. The van der Waals surface area contributed by atoms with Crippen molar-refractivity contribution in [1.29, 1.82) is 0 Å². The summed E-state index contributed by atoms with van der Waals surface area (Å²) in [5.41, 5.74) is 1.71. The van der Waals surface area contributed by atoms with E-state index in [1.165, 1.54) is 0 Å². The second kappa shape index (κ2) is 8.08. The summed E-state index contributed by atoms with van der Waals surface area (Å²) in [6.07, 6.45) is 6.00. The Kier molecular flexibility index (Phi) is 6.76. The summed E-state index contributed by atoms with van der Waals surface area (Å²) in [7, 11) is -3.32. The second-order valence-corrected chi connectivity index (χ2v) is 6.91. The van der Waals surface area contributed by atoms with Gasteiger partial charge in [-0.3, -0.25) is 0 Å². The normalized spacial score (nSPS) is 12.8. The molecule has 1 rings (SSSR count). The molecule has 0 saturated heterocycles. The smallest absolute Gasteiger partial charge is 0.182 e. The van der Waals surface area contributed by atoms with E-state index >= 15 is 0 Å². The zero-order chi connectivity index (χ0) is 15.0. The van der Waals surface area contributed by atoms with Crippen LogP contribution in [0.5, 0.6) is 0 Å². The minimum Gasteiger partial charge on any atom is -0.223 e. The highest BCUT2D eigenvalue weighted by Gasteiger charge is 2.15. The lowest BCUT2D eigenvalue weighted by molar-refractivity contribution is 0.597. The first kappa shape index (κ1) is 16.7. The van der Waals surface area contributed by atoms with E-state index in [1.54, 1.807) is 36.4 Å². The van der Waals surface area contributed by atoms with E-state index in [4.69, 9.17) is 11.6 Å². The van der Waals surface area contributed by atoms with Gasteiger partial charge in [-0.25, -0.2) is 8.42 Å². The number of alkyl halides is 1. The quantitative estimate of drug-likeness (QED) is 0.560. The van der Waals surface area contributed by atoms with Crippen LogP contribution >= 0.6 is 11.6 Å². The Morgan fingerprint density at radius 2 is 1.95 bits per heavy atom. The van der Waals surface area contributed by atoms with Crippen LogP contribution in [0.25, 0.3) is 0 Å². The van der Waals surface area contributed by atoms with Crippen LogP contribution in [0, 0.1) is 0 Å². The monoisotopic (exact) mass is 310 g/mol. The van der Waals surface area contributed by atoms with Gasteiger partial charge in [-0.2, -0.15) is 0 Å². The first-order chi connectivity index (χ1) is 9.45. The molecule has 4 heteroatoms. The largest absolute Gasteiger partial charge is 0.223 e. The minimum atomic E-state index is -3.32.